The van der Waals surface area contributed by atoms with Gasteiger partial charge >= 0.3 is 0 Å². The van der Waals surface area contributed by atoms with E-state index < -0.39 is 10.0 Å². The van der Waals surface area contributed by atoms with E-state index in [1.54, 1.807) is 12.1 Å². The van der Waals surface area contributed by atoms with Gasteiger partial charge in [-0.3, -0.25) is 0 Å². The normalized spacial score (nSPS) is 11.2. The molecule has 3 aromatic rings. The minimum absolute atomic E-state index is 0.0445. The monoisotopic (exact) mass is 408 g/mol. The third-order valence-corrected chi connectivity index (χ3v) is 5.26. The van der Waals surface area contributed by atoms with Gasteiger partial charge in [-0.1, -0.05) is 23.7 Å². The van der Waals surface area contributed by atoms with Crippen LogP contribution in [-0.2, 0) is 16.6 Å². The molecule has 0 aliphatic heterocycles. The van der Waals surface area contributed by atoms with Gasteiger partial charge in [-0.05, 0) is 29.8 Å². The van der Waals surface area contributed by atoms with Crippen LogP contribution in [0.1, 0.15) is 5.56 Å². The first-order valence-electron chi connectivity index (χ1n) is 7.80. The number of aromatic nitrogens is 3. The molecule has 2 aromatic carbocycles. The number of nitrogens with zero attached hydrogens (tertiary/aromatic N) is 3. The van der Waals surface area contributed by atoms with Gasteiger partial charge in [-0.25, -0.2) is 17.8 Å². The number of benzene rings is 2. The predicted octanol–water partition coefficient (Wildman–Crippen LogP) is 2.80. The van der Waals surface area contributed by atoms with Gasteiger partial charge in [0.05, 0.1) is 20.8 Å². The highest BCUT2D eigenvalue weighted by molar-refractivity contribution is 7.92. The lowest BCUT2D eigenvalue weighted by Gasteiger charge is -2.11. The Bertz CT molecular complexity index is 1050. The number of halogens is 1. The van der Waals surface area contributed by atoms with E-state index >= 15 is 0 Å². The molecule has 0 atom stereocenters. The Balaban J connectivity index is 1.80. The van der Waals surface area contributed by atoms with Gasteiger partial charge in [0.2, 0.25) is 0 Å². The highest BCUT2D eigenvalue weighted by Crippen LogP contribution is 2.29. The van der Waals surface area contributed by atoms with Crippen LogP contribution in [0.5, 0.6) is 11.5 Å². The smallest absolute Gasteiger partial charge is 0.267 e. The van der Waals surface area contributed by atoms with Gasteiger partial charge in [0.15, 0.2) is 0 Å². The van der Waals surface area contributed by atoms with E-state index in [0.717, 1.165) is 5.56 Å². The average Bonchev–Trinajstić information content (AvgIpc) is 3.07. The van der Waals surface area contributed by atoms with Crippen molar-refractivity contribution in [3.8, 4) is 11.5 Å². The summed E-state index contributed by atoms with van der Waals surface area (Å²) in [6.07, 6.45) is 1.43. The molecular formula is C17H17ClN4O4S. The van der Waals surface area contributed by atoms with E-state index in [4.69, 9.17) is 21.1 Å². The molecule has 0 radical (unpaired) electrons. The molecule has 0 unspecified atom stereocenters. The summed E-state index contributed by atoms with van der Waals surface area (Å²) < 4.78 is 39.4. The van der Waals surface area contributed by atoms with Crippen LogP contribution in [0.4, 0.5) is 5.95 Å². The minimum atomic E-state index is -3.94. The molecule has 0 aliphatic carbocycles. The molecule has 27 heavy (non-hydrogen) atoms. The lowest BCUT2D eigenvalue weighted by Crippen LogP contribution is -2.15. The SMILES string of the molecule is COc1ccc(S(=O)(=O)Nc2ncn(Cc3cccc(Cl)c3)n2)c(OC)c1. The zero-order valence-corrected chi connectivity index (χ0v) is 16.2. The van der Waals surface area contributed by atoms with E-state index in [2.05, 4.69) is 14.8 Å². The molecule has 1 N–H and O–H groups in total. The molecule has 0 fully saturated rings. The van der Waals surface area contributed by atoms with Crippen molar-refractivity contribution in [3.05, 3.63) is 59.4 Å². The van der Waals surface area contributed by atoms with Crippen molar-refractivity contribution < 1.29 is 17.9 Å². The summed E-state index contributed by atoms with van der Waals surface area (Å²) in [4.78, 5) is 3.95. The fourth-order valence-electron chi connectivity index (χ4n) is 2.41. The summed E-state index contributed by atoms with van der Waals surface area (Å²) in [7, 11) is -1.07. The standard InChI is InChI=1S/C17H17ClN4O4S/c1-25-14-6-7-16(15(9-14)26-2)27(23,24)21-17-19-11-22(20-17)10-12-4-3-5-13(18)8-12/h3-9,11H,10H2,1-2H3,(H,20,21). The minimum Gasteiger partial charge on any atom is -0.497 e. The third kappa shape index (κ3) is 4.50. The van der Waals surface area contributed by atoms with Crippen molar-refractivity contribution in [1.82, 2.24) is 14.8 Å². The van der Waals surface area contributed by atoms with E-state index in [-0.39, 0.29) is 16.6 Å². The largest absolute Gasteiger partial charge is 0.497 e. The predicted molar refractivity (Wildman–Crippen MR) is 101 cm³/mol. The summed E-state index contributed by atoms with van der Waals surface area (Å²) in [5.74, 6) is 0.588. The Labute approximate surface area is 161 Å². The van der Waals surface area contributed by atoms with Crippen molar-refractivity contribution in [3.63, 3.8) is 0 Å². The second kappa shape index (κ2) is 7.85. The van der Waals surface area contributed by atoms with Crippen LogP contribution in [0.15, 0.2) is 53.7 Å². The van der Waals surface area contributed by atoms with Crippen LogP contribution in [0.25, 0.3) is 0 Å². The van der Waals surface area contributed by atoms with Crippen LogP contribution in [0.3, 0.4) is 0 Å². The van der Waals surface area contributed by atoms with Crippen LogP contribution in [0, 0.1) is 0 Å². The van der Waals surface area contributed by atoms with Gasteiger partial charge in [0.1, 0.15) is 22.7 Å². The van der Waals surface area contributed by atoms with E-state index in [1.807, 2.05) is 12.1 Å². The zero-order valence-electron chi connectivity index (χ0n) is 14.6. The average molecular weight is 409 g/mol. The van der Waals surface area contributed by atoms with Crippen molar-refractivity contribution in [2.24, 2.45) is 0 Å². The summed E-state index contributed by atoms with van der Waals surface area (Å²) in [5.41, 5.74) is 0.915. The van der Waals surface area contributed by atoms with E-state index in [9.17, 15) is 8.42 Å². The number of hydrogen-bond acceptors (Lipinski definition) is 6. The topological polar surface area (TPSA) is 95.3 Å². The molecule has 0 saturated heterocycles. The molecule has 1 aromatic heterocycles. The van der Waals surface area contributed by atoms with Crippen LogP contribution >= 0.6 is 11.6 Å². The number of rotatable bonds is 7. The summed E-state index contributed by atoms with van der Waals surface area (Å²) >= 11 is 5.96. The Morgan fingerprint density at radius 1 is 1.15 bits per heavy atom. The first-order valence-corrected chi connectivity index (χ1v) is 9.66. The molecule has 1 heterocycles. The lowest BCUT2D eigenvalue weighted by molar-refractivity contribution is 0.386. The van der Waals surface area contributed by atoms with Gasteiger partial charge in [0, 0.05) is 11.1 Å². The van der Waals surface area contributed by atoms with Crippen LogP contribution < -0.4 is 14.2 Å². The fourth-order valence-corrected chi connectivity index (χ4v) is 3.72. The molecule has 3 rings (SSSR count). The molecule has 0 aliphatic rings. The summed E-state index contributed by atoms with van der Waals surface area (Å²) in [6.45, 7) is 0.404. The maximum atomic E-state index is 12.7. The van der Waals surface area contributed by atoms with Gasteiger partial charge < -0.3 is 9.47 Å². The first-order chi connectivity index (χ1) is 12.9. The van der Waals surface area contributed by atoms with E-state index in [1.165, 1.54) is 43.4 Å². The van der Waals surface area contributed by atoms with Crippen molar-refractivity contribution in [2.45, 2.75) is 11.4 Å². The van der Waals surface area contributed by atoms with Gasteiger partial charge in [-0.2, -0.15) is 4.98 Å². The van der Waals surface area contributed by atoms with E-state index in [0.29, 0.717) is 17.3 Å². The number of methoxy groups -OCH3 is 2. The first kappa shape index (κ1) is 19.0. The second-order valence-corrected chi connectivity index (χ2v) is 7.61. The molecule has 10 heteroatoms. The zero-order chi connectivity index (χ0) is 19.4. The Hall–Kier alpha value is -2.78. The summed E-state index contributed by atoms with van der Waals surface area (Å²) in [5, 5.41) is 4.75. The Kier molecular flexibility index (Phi) is 5.52. The van der Waals surface area contributed by atoms with Gasteiger partial charge in [0.25, 0.3) is 16.0 Å². The molecule has 0 saturated carbocycles. The number of sulfonamides is 1. The van der Waals surface area contributed by atoms with Crippen molar-refractivity contribution >= 4 is 27.6 Å². The quantitative estimate of drug-likeness (QED) is 0.645. The molecule has 8 nitrogen and oxygen atoms in total. The Morgan fingerprint density at radius 3 is 2.67 bits per heavy atom. The Morgan fingerprint density at radius 2 is 1.96 bits per heavy atom. The van der Waals surface area contributed by atoms with Crippen LogP contribution in [0.2, 0.25) is 5.02 Å². The maximum absolute atomic E-state index is 12.7. The maximum Gasteiger partial charge on any atom is 0.267 e. The summed E-state index contributed by atoms with van der Waals surface area (Å²) in [6, 6.07) is 11.7. The number of ether oxygens (including phenoxy) is 2. The molecule has 0 spiro atoms. The number of hydrogen-bond donors (Lipinski definition) is 1. The molecule has 142 valence electrons. The highest BCUT2D eigenvalue weighted by Gasteiger charge is 2.22. The highest BCUT2D eigenvalue weighted by atomic mass is 35.5. The number of nitrogens with one attached hydrogen (secondary N) is 1. The number of anilines is 1. The van der Waals surface area contributed by atoms with Crippen molar-refractivity contribution in [2.75, 3.05) is 18.9 Å². The lowest BCUT2D eigenvalue weighted by atomic mass is 10.2. The molecule has 0 amide bonds. The van der Waals surface area contributed by atoms with Crippen molar-refractivity contribution in [1.29, 1.82) is 0 Å². The van der Waals surface area contributed by atoms with Gasteiger partial charge in [-0.15, -0.1) is 5.10 Å². The third-order valence-electron chi connectivity index (χ3n) is 3.66. The van der Waals surface area contributed by atoms with Crippen LogP contribution in [-0.4, -0.2) is 37.4 Å². The molecule has 0 bridgehead atoms. The second-order valence-electron chi connectivity index (χ2n) is 5.52. The molecular weight excluding hydrogens is 392 g/mol. The fraction of sp³-hybridized carbons (Fsp3) is 0.176.